The number of hydrogen-bond donors (Lipinski definition) is 0. The Hall–Kier alpha value is -0.740. The molecule has 3 heterocycles. The number of ether oxygens (including phenoxy) is 1. The van der Waals surface area contributed by atoms with E-state index >= 15 is 0 Å². The normalized spacial score (nSPS) is 16.8. The molecule has 0 atom stereocenters. The van der Waals surface area contributed by atoms with Crippen molar-refractivity contribution < 1.29 is 13.2 Å². The van der Waals surface area contributed by atoms with Gasteiger partial charge < -0.3 is 9.64 Å². The lowest BCUT2D eigenvalue weighted by atomic mass is 10.4. The van der Waals surface area contributed by atoms with Crippen LogP contribution >= 0.6 is 33.6 Å². The summed E-state index contributed by atoms with van der Waals surface area (Å²) in [6.07, 6.45) is 0. The molecule has 0 amide bonds. The highest BCUT2D eigenvalue weighted by Gasteiger charge is 2.23. The zero-order valence-electron chi connectivity index (χ0n) is 9.91. The van der Waals surface area contributed by atoms with Crippen molar-refractivity contribution in [1.29, 1.82) is 0 Å². The van der Waals surface area contributed by atoms with Gasteiger partial charge in [-0.1, -0.05) is 11.3 Å². The molecule has 0 radical (unpaired) electrons. The van der Waals surface area contributed by atoms with E-state index in [1.807, 2.05) is 4.90 Å². The molecule has 1 aliphatic rings. The van der Waals surface area contributed by atoms with Gasteiger partial charge in [-0.05, 0) is 11.6 Å². The van der Waals surface area contributed by atoms with Gasteiger partial charge >= 0.3 is 0 Å². The fourth-order valence-corrected chi connectivity index (χ4v) is 3.97. The van der Waals surface area contributed by atoms with E-state index in [4.69, 9.17) is 27.0 Å². The highest BCUT2D eigenvalue weighted by Crippen LogP contribution is 2.32. The topological polar surface area (TPSA) is 85.3 Å². The Morgan fingerprint density at radius 3 is 2.55 bits per heavy atom. The van der Waals surface area contributed by atoms with Crippen molar-refractivity contribution in [3.05, 3.63) is 5.28 Å². The van der Waals surface area contributed by atoms with Crippen LogP contribution < -0.4 is 4.90 Å². The van der Waals surface area contributed by atoms with E-state index in [1.165, 1.54) is 0 Å². The maximum atomic E-state index is 11.4. The molecule has 0 aliphatic carbocycles. The Labute approximate surface area is 127 Å². The van der Waals surface area contributed by atoms with Gasteiger partial charge in [-0.3, -0.25) is 0 Å². The van der Waals surface area contributed by atoms with E-state index < -0.39 is 9.05 Å². The van der Waals surface area contributed by atoms with Gasteiger partial charge in [0, 0.05) is 23.8 Å². The standard InChI is InChI=1S/C9H8Cl2N4O3S2/c10-8-13-6(15-1-3-18-4-2-15)5-7(14-8)19-9(12-5)20(11,16)17/h1-4H2. The van der Waals surface area contributed by atoms with Crippen LogP contribution in [0.5, 0.6) is 0 Å². The smallest absolute Gasteiger partial charge is 0.288 e. The van der Waals surface area contributed by atoms with Crippen LogP contribution in [-0.2, 0) is 13.8 Å². The number of hydrogen-bond acceptors (Lipinski definition) is 8. The Morgan fingerprint density at radius 2 is 1.90 bits per heavy atom. The molecule has 2 aromatic heterocycles. The molecule has 0 unspecified atom stereocenters. The van der Waals surface area contributed by atoms with Gasteiger partial charge in [0.25, 0.3) is 9.05 Å². The largest absolute Gasteiger partial charge is 0.378 e. The number of anilines is 1. The van der Waals surface area contributed by atoms with Crippen molar-refractivity contribution in [1.82, 2.24) is 15.0 Å². The summed E-state index contributed by atoms with van der Waals surface area (Å²) in [4.78, 5) is 14.5. The van der Waals surface area contributed by atoms with Gasteiger partial charge in [-0.15, -0.1) is 0 Å². The fraction of sp³-hybridized carbons (Fsp3) is 0.444. The van der Waals surface area contributed by atoms with E-state index in [0.29, 0.717) is 42.5 Å². The quantitative estimate of drug-likeness (QED) is 0.596. The lowest BCUT2D eigenvalue weighted by Crippen LogP contribution is -2.37. The SMILES string of the molecule is O=S(=O)(Cl)c1nc2c(N3CCOCC3)nc(Cl)nc2s1. The molecule has 0 spiro atoms. The molecule has 0 bridgehead atoms. The third-order valence-electron chi connectivity index (χ3n) is 2.71. The zero-order chi connectivity index (χ0) is 14.3. The number of morpholine rings is 1. The molecule has 3 rings (SSSR count). The number of rotatable bonds is 2. The van der Waals surface area contributed by atoms with Gasteiger partial charge in [0.2, 0.25) is 9.62 Å². The molecule has 0 aromatic carbocycles. The molecule has 108 valence electrons. The predicted molar refractivity (Wildman–Crippen MR) is 76.3 cm³/mol. The predicted octanol–water partition coefficient (Wildman–Crippen LogP) is 1.50. The minimum Gasteiger partial charge on any atom is -0.378 e. The third kappa shape index (κ3) is 2.68. The summed E-state index contributed by atoms with van der Waals surface area (Å²) in [6.45, 7) is 2.38. The molecule has 0 saturated carbocycles. The molecule has 7 nitrogen and oxygen atoms in total. The number of aromatic nitrogens is 3. The van der Waals surface area contributed by atoms with E-state index in [1.54, 1.807) is 0 Å². The maximum absolute atomic E-state index is 11.4. The molecule has 11 heteroatoms. The van der Waals surface area contributed by atoms with Gasteiger partial charge in [-0.2, -0.15) is 4.98 Å². The monoisotopic (exact) mass is 354 g/mol. The van der Waals surface area contributed by atoms with Crippen LogP contribution in [0.1, 0.15) is 0 Å². The van der Waals surface area contributed by atoms with Gasteiger partial charge in [0.1, 0.15) is 5.52 Å². The van der Waals surface area contributed by atoms with E-state index in [9.17, 15) is 8.42 Å². The molecule has 1 fully saturated rings. The first-order valence-electron chi connectivity index (χ1n) is 5.56. The third-order valence-corrected chi connectivity index (χ3v) is 5.76. The molecule has 1 saturated heterocycles. The summed E-state index contributed by atoms with van der Waals surface area (Å²) in [5, 5.41) is 0.0427. The molecular formula is C9H8Cl2N4O3S2. The molecule has 2 aromatic rings. The molecule has 1 aliphatic heterocycles. The lowest BCUT2D eigenvalue weighted by molar-refractivity contribution is 0.122. The van der Waals surface area contributed by atoms with Crippen molar-refractivity contribution >= 4 is 58.8 Å². The second kappa shape index (κ2) is 5.23. The van der Waals surface area contributed by atoms with Gasteiger partial charge in [0.05, 0.1) is 13.2 Å². The van der Waals surface area contributed by atoms with Crippen molar-refractivity contribution in [3.8, 4) is 0 Å². The second-order valence-electron chi connectivity index (χ2n) is 3.99. The Balaban J connectivity index is 2.17. The van der Waals surface area contributed by atoms with Crippen LogP contribution in [0, 0.1) is 0 Å². The van der Waals surface area contributed by atoms with Crippen LogP contribution in [0.2, 0.25) is 5.28 Å². The first-order valence-corrected chi connectivity index (χ1v) is 9.07. The zero-order valence-corrected chi connectivity index (χ0v) is 13.1. The van der Waals surface area contributed by atoms with Crippen LogP contribution in [0.15, 0.2) is 4.34 Å². The van der Waals surface area contributed by atoms with Crippen molar-refractivity contribution in [2.75, 3.05) is 31.2 Å². The van der Waals surface area contributed by atoms with Crippen LogP contribution in [0.4, 0.5) is 5.82 Å². The number of fused-ring (bicyclic) bond motifs is 1. The van der Waals surface area contributed by atoms with E-state index in [0.717, 1.165) is 11.3 Å². The Bertz CT molecular complexity index is 758. The van der Waals surface area contributed by atoms with Crippen molar-refractivity contribution in [3.63, 3.8) is 0 Å². The highest BCUT2D eigenvalue weighted by molar-refractivity contribution is 8.15. The summed E-state index contributed by atoms with van der Waals surface area (Å²) >= 11 is 6.75. The van der Waals surface area contributed by atoms with Crippen molar-refractivity contribution in [2.24, 2.45) is 0 Å². The Morgan fingerprint density at radius 1 is 1.20 bits per heavy atom. The summed E-state index contributed by atoms with van der Waals surface area (Å²) in [6, 6.07) is 0. The molecule has 0 N–H and O–H groups in total. The first-order chi connectivity index (χ1) is 9.45. The summed E-state index contributed by atoms with van der Waals surface area (Å²) in [5.74, 6) is 0.506. The second-order valence-corrected chi connectivity index (χ2v) is 8.04. The van der Waals surface area contributed by atoms with Crippen molar-refractivity contribution in [2.45, 2.75) is 4.34 Å². The number of nitrogens with zero attached hydrogens (tertiary/aromatic N) is 4. The van der Waals surface area contributed by atoms with Crippen LogP contribution in [0.25, 0.3) is 10.3 Å². The van der Waals surface area contributed by atoms with E-state index in [2.05, 4.69) is 15.0 Å². The minimum atomic E-state index is -3.90. The summed E-state index contributed by atoms with van der Waals surface area (Å²) in [5.41, 5.74) is 0.389. The first kappa shape index (κ1) is 14.2. The number of halogens is 2. The van der Waals surface area contributed by atoms with Crippen LogP contribution in [-0.4, -0.2) is 49.7 Å². The van der Waals surface area contributed by atoms with E-state index in [-0.39, 0.29) is 9.62 Å². The Kier molecular flexibility index (Phi) is 3.71. The van der Waals surface area contributed by atoms with Gasteiger partial charge in [-0.25, -0.2) is 18.4 Å². The highest BCUT2D eigenvalue weighted by atomic mass is 35.7. The maximum Gasteiger partial charge on any atom is 0.288 e. The lowest BCUT2D eigenvalue weighted by Gasteiger charge is -2.27. The molecular weight excluding hydrogens is 347 g/mol. The van der Waals surface area contributed by atoms with Gasteiger partial charge in [0.15, 0.2) is 10.6 Å². The summed E-state index contributed by atoms with van der Waals surface area (Å²) < 4.78 is 27.8. The fourth-order valence-electron chi connectivity index (χ4n) is 1.86. The average Bonchev–Trinajstić information content (AvgIpc) is 2.82. The molecule has 20 heavy (non-hydrogen) atoms. The minimum absolute atomic E-state index is 0.0427. The average molecular weight is 355 g/mol. The summed E-state index contributed by atoms with van der Waals surface area (Å²) in [7, 11) is 1.41. The van der Waals surface area contributed by atoms with Crippen LogP contribution in [0.3, 0.4) is 0 Å². The number of thiazole rings is 1.